The lowest BCUT2D eigenvalue weighted by Crippen LogP contribution is -2.01. The van der Waals surface area contributed by atoms with Crippen molar-refractivity contribution >= 4 is 11.9 Å². The van der Waals surface area contributed by atoms with Gasteiger partial charge in [-0.05, 0) is 55.8 Å². The van der Waals surface area contributed by atoms with Crippen molar-refractivity contribution < 1.29 is 19.0 Å². The van der Waals surface area contributed by atoms with Gasteiger partial charge >= 0.3 is 0 Å². The van der Waals surface area contributed by atoms with Crippen LogP contribution in [0.25, 0.3) is 6.08 Å². The fraction of sp³-hybridized carbons (Fsp3) is 0.250. The third-order valence-corrected chi connectivity index (χ3v) is 3.37. The molecule has 0 saturated carbocycles. The molecule has 0 bridgehead atoms. The van der Waals surface area contributed by atoms with Crippen molar-refractivity contribution in [2.45, 2.75) is 13.8 Å². The molecule has 2 rings (SSSR count). The van der Waals surface area contributed by atoms with Crippen LogP contribution in [0.3, 0.4) is 0 Å². The Morgan fingerprint density at radius 2 is 1.62 bits per heavy atom. The Kier molecular flexibility index (Phi) is 6.43. The Morgan fingerprint density at radius 1 is 0.958 bits per heavy atom. The number of carbonyl (C=O) groups excluding carboxylic acids is 1. The number of ether oxygens (including phenoxy) is 3. The van der Waals surface area contributed by atoms with E-state index in [0.717, 1.165) is 11.3 Å². The minimum atomic E-state index is -0.0881. The van der Waals surface area contributed by atoms with E-state index in [4.69, 9.17) is 14.2 Å². The molecule has 2 aromatic rings. The highest BCUT2D eigenvalue weighted by molar-refractivity contribution is 6.07. The summed E-state index contributed by atoms with van der Waals surface area (Å²) in [5.41, 5.74) is 1.49. The average molecular weight is 326 g/mol. The summed E-state index contributed by atoms with van der Waals surface area (Å²) in [6.45, 7) is 4.87. The molecule has 0 aliphatic heterocycles. The molecule has 0 amide bonds. The SMILES string of the molecule is CCOc1ccc(C(=O)/C=C/c2ccc(OC)cc2)cc1OCC. The Morgan fingerprint density at radius 3 is 2.25 bits per heavy atom. The maximum atomic E-state index is 12.4. The molecule has 0 N–H and O–H groups in total. The number of carbonyl (C=O) groups is 1. The monoisotopic (exact) mass is 326 g/mol. The van der Waals surface area contributed by atoms with Gasteiger partial charge in [0.1, 0.15) is 5.75 Å². The summed E-state index contributed by atoms with van der Waals surface area (Å²) in [7, 11) is 1.62. The summed E-state index contributed by atoms with van der Waals surface area (Å²) >= 11 is 0. The Bertz CT molecular complexity index is 702. The minimum Gasteiger partial charge on any atom is -0.497 e. The van der Waals surface area contributed by atoms with Crippen LogP contribution in [0.2, 0.25) is 0 Å². The topological polar surface area (TPSA) is 44.8 Å². The molecular weight excluding hydrogens is 304 g/mol. The summed E-state index contributed by atoms with van der Waals surface area (Å²) in [6.07, 6.45) is 3.33. The summed E-state index contributed by atoms with van der Waals surface area (Å²) in [4.78, 5) is 12.4. The second-order valence-corrected chi connectivity index (χ2v) is 5.00. The van der Waals surface area contributed by atoms with Gasteiger partial charge in [-0.3, -0.25) is 4.79 Å². The van der Waals surface area contributed by atoms with Gasteiger partial charge < -0.3 is 14.2 Å². The number of hydrogen-bond donors (Lipinski definition) is 0. The molecular formula is C20H22O4. The van der Waals surface area contributed by atoms with Gasteiger partial charge in [0, 0.05) is 5.56 Å². The van der Waals surface area contributed by atoms with E-state index in [9.17, 15) is 4.79 Å². The first kappa shape index (κ1) is 17.6. The smallest absolute Gasteiger partial charge is 0.185 e. The maximum absolute atomic E-state index is 12.4. The standard InChI is InChI=1S/C20H22O4/c1-4-23-19-13-9-16(14-20(19)24-5-2)18(21)12-8-15-6-10-17(22-3)11-7-15/h6-14H,4-5H2,1-3H3/b12-8+. The molecule has 2 aromatic carbocycles. The van der Waals surface area contributed by atoms with Crippen molar-refractivity contribution in [2.24, 2.45) is 0 Å². The van der Waals surface area contributed by atoms with Crippen molar-refractivity contribution in [1.29, 1.82) is 0 Å². The molecule has 0 heterocycles. The van der Waals surface area contributed by atoms with Crippen LogP contribution in [-0.4, -0.2) is 26.1 Å². The largest absolute Gasteiger partial charge is 0.497 e. The van der Waals surface area contributed by atoms with Gasteiger partial charge in [-0.2, -0.15) is 0 Å². The summed E-state index contributed by atoms with van der Waals surface area (Å²) in [5, 5.41) is 0. The third kappa shape index (κ3) is 4.62. The van der Waals surface area contributed by atoms with Gasteiger partial charge in [-0.1, -0.05) is 18.2 Å². The molecule has 0 spiro atoms. The zero-order valence-electron chi connectivity index (χ0n) is 14.2. The Labute approximate surface area is 142 Å². The normalized spacial score (nSPS) is 10.6. The summed E-state index contributed by atoms with van der Waals surface area (Å²) in [6, 6.07) is 12.7. The van der Waals surface area contributed by atoms with Crippen LogP contribution in [0.4, 0.5) is 0 Å². The zero-order valence-corrected chi connectivity index (χ0v) is 14.2. The molecule has 126 valence electrons. The molecule has 4 nitrogen and oxygen atoms in total. The molecule has 0 aromatic heterocycles. The van der Waals surface area contributed by atoms with Gasteiger partial charge in [0.25, 0.3) is 0 Å². The van der Waals surface area contributed by atoms with E-state index in [2.05, 4.69) is 0 Å². The number of rotatable bonds is 8. The van der Waals surface area contributed by atoms with E-state index in [-0.39, 0.29) is 5.78 Å². The number of allylic oxidation sites excluding steroid dienone is 1. The third-order valence-electron chi connectivity index (χ3n) is 3.37. The van der Waals surface area contributed by atoms with E-state index in [0.29, 0.717) is 30.3 Å². The predicted octanol–water partition coefficient (Wildman–Crippen LogP) is 4.39. The summed E-state index contributed by atoms with van der Waals surface area (Å²) in [5.74, 6) is 1.93. The molecule has 0 aliphatic carbocycles. The van der Waals surface area contributed by atoms with Gasteiger partial charge in [0.2, 0.25) is 0 Å². The fourth-order valence-electron chi connectivity index (χ4n) is 2.19. The van der Waals surface area contributed by atoms with Crippen molar-refractivity contribution in [3.63, 3.8) is 0 Å². The molecule has 24 heavy (non-hydrogen) atoms. The van der Waals surface area contributed by atoms with E-state index >= 15 is 0 Å². The van der Waals surface area contributed by atoms with E-state index < -0.39 is 0 Å². The highest BCUT2D eigenvalue weighted by Gasteiger charge is 2.09. The molecule has 0 saturated heterocycles. The lowest BCUT2D eigenvalue weighted by Gasteiger charge is -2.11. The second kappa shape index (κ2) is 8.77. The van der Waals surface area contributed by atoms with E-state index in [1.807, 2.05) is 38.1 Å². The molecule has 0 radical (unpaired) electrons. The first-order valence-electron chi connectivity index (χ1n) is 7.94. The van der Waals surface area contributed by atoms with Crippen molar-refractivity contribution in [2.75, 3.05) is 20.3 Å². The molecule has 0 atom stereocenters. The minimum absolute atomic E-state index is 0.0881. The van der Waals surface area contributed by atoms with Crippen LogP contribution >= 0.6 is 0 Å². The van der Waals surface area contributed by atoms with Crippen molar-refractivity contribution in [3.8, 4) is 17.2 Å². The number of methoxy groups -OCH3 is 1. The Balaban J connectivity index is 2.15. The van der Waals surface area contributed by atoms with Crippen LogP contribution in [0, 0.1) is 0 Å². The van der Waals surface area contributed by atoms with Crippen LogP contribution < -0.4 is 14.2 Å². The Hall–Kier alpha value is -2.75. The van der Waals surface area contributed by atoms with E-state index in [1.165, 1.54) is 0 Å². The maximum Gasteiger partial charge on any atom is 0.185 e. The average Bonchev–Trinajstić information content (AvgIpc) is 2.62. The second-order valence-electron chi connectivity index (χ2n) is 5.00. The van der Waals surface area contributed by atoms with Crippen LogP contribution in [0.1, 0.15) is 29.8 Å². The molecule has 0 unspecified atom stereocenters. The fourth-order valence-corrected chi connectivity index (χ4v) is 2.19. The van der Waals surface area contributed by atoms with Gasteiger partial charge in [-0.15, -0.1) is 0 Å². The zero-order chi connectivity index (χ0) is 17.4. The van der Waals surface area contributed by atoms with Crippen LogP contribution in [0.15, 0.2) is 48.5 Å². The molecule has 0 fully saturated rings. The molecule has 4 heteroatoms. The quantitative estimate of drug-likeness (QED) is 0.533. The first-order valence-corrected chi connectivity index (χ1v) is 7.94. The summed E-state index contributed by atoms with van der Waals surface area (Å²) < 4.78 is 16.2. The highest BCUT2D eigenvalue weighted by atomic mass is 16.5. The molecule has 0 aliphatic rings. The lowest BCUT2D eigenvalue weighted by molar-refractivity contribution is 0.104. The predicted molar refractivity (Wildman–Crippen MR) is 95.1 cm³/mol. The van der Waals surface area contributed by atoms with Crippen molar-refractivity contribution in [3.05, 3.63) is 59.7 Å². The van der Waals surface area contributed by atoms with Gasteiger partial charge in [0.15, 0.2) is 17.3 Å². The van der Waals surface area contributed by atoms with Crippen molar-refractivity contribution in [1.82, 2.24) is 0 Å². The van der Waals surface area contributed by atoms with Crippen LogP contribution in [-0.2, 0) is 0 Å². The van der Waals surface area contributed by atoms with Gasteiger partial charge in [0.05, 0.1) is 20.3 Å². The van der Waals surface area contributed by atoms with E-state index in [1.54, 1.807) is 37.5 Å². The number of benzene rings is 2. The van der Waals surface area contributed by atoms with Gasteiger partial charge in [-0.25, -0.2) is 0 Å². The highest BCUT2D eigenvalue weighted by Crippen LogP contribution is 2.29. The number of hydrogen-bond acceptors (Lipinski definition) is 4. The lowest BCUT2D eigenvalue weighted by atomic mass is 10.1. The number of ketones is 1. The van der Waals surface area contributed by atoms with Crippen LogP contribution in [0.5, 0.6) is 17.2 Å². The first-order chi connectivity index (χ1) is 11.7.